The molecular formula is C21H28FNO5. The molecule has 2 heterocycles. The molecule has 2 aliphatic heterocycles. The Labute approximate surface area is 164 Å². The Morgan fingerprint density at radius 2 is 1.93 bits per heavy atom. The van der Waals surface area contributed by atoms with Crippen molar-refractivity contribution in [2.75, 3.05) is 39.5 Å². The molecule has 0 bridgehead atoms. The minimum atomic E-state index is -0.805. The average molecular weight is 393 g/mol. The molecule has 0 saturated carbocycles. The molecule has 154 valence electrons. The van der Waals surface area contributed by atoms with Crippen molar-refractivity contribution in [2.45, 2.75) is 32.0 Å². The summed E-state index contributed by atoms with van der Waals surface area (Å²) in [5, 5.41) is 9.28. The fourth-order valence-corrected chi connectivity index (χ4v) is 4.01. The molecule has 0 unspecified atom stereocenters. The van der Waals surface area contributed by atoms with Crippen molar-refractivity contribution in [2.24, 2.45) is 5.92 Å². The van der Waals surface area contributed by atoms with Crippen molar-refractivity contribution in [3.8, 4) is 0 Å². The molecule has 0 amide bonds. The van der Waals surface area contributed by atoms with Crippen LogP contribution in [-0.4, -0.2) is 55.4 Å². The number of benzene rings is 1. The first-order valence-electron chi connectivity index (χ1n) is 9.85. The van der Waals surface area contributed by atoms with Gasteiger partial charge < -0.3 is 24.2 Å². The lowest BCUT2D eigenvalue weighted by molar-refractivity contribution is -0.214. The number of hydrogen-bond acceptors (Lipinski definition) is 6. The van der Waals surface area contributed by atoms with Gasteiger partial charge in [0, 0.05) is 18.0 Å². The Morgan fingerprint density at radius 1 is 1.29 bits per heavy atom. The van der Waals surface area contributed by atoms with Crippen molar-refractivity contribution in [3.05, 3.63) is 47.5 Å². The van der Waals surface area contributed by atoms with E-state index in [-0.39, 0.29) is 23.9 Å². The van der Waals surface area contributed by atoms with Gasteiger partial charge in [-0.3, -0.25) is 0 Å². The normalized spacial score (nSPS) is 21.0. The van der Waals surface area contributed by atoms with Crippen molar-refractivity contribution in [1.82, 2.24) is 4.90 Å². The van der Waals surface area contributed by atoms with E-state index in [2.05, 4.69) is 4.90 Å². The summed E-state index contributed by atoms with van der Waals surface area (Å²) in [5.74, 6) is -1.38. The third-order valence-corrected chi connectivity index (χ3v) is 5.48. The van der Waals surface area contributed by atoms with Crippen molar-refractivity contribution in [1.29, 1.82) is 0 Å². The molecule has 6 nitrogen and oxygen atoms in total. The Morgan fingerprint density at radius 3 is 2.50 bits per heavy atom. The van der Waals surface area contributed by atoms with Crippen LogP contribution in [0.5, 0.6) is 0 Å². The van der Waals surface area contributed by atoms with Crippen LogP contribution in [0.2, 0.25) is 0 Å². The highest BCUT2D eigenvalue weighted by Gasteiger charge is 2.46. The molecule has 0 aromatic heterocycles. The summed E-state index contributed by atoms with van der Waals surface area (Å²) < 4.78 is 30.4. The van der Waals surface area contributed by atoms with E-state index >= 15 is 0 Å². The maximum absolute atomic E-state index is 13.3. The molecule has 1 aromatic rings. The van der Waals surface area contributed by atoms with Crippen LogP contribution in [0.15, 0.2) is 36.1 Å². The van der Waals surface area contributed by atoms with E-state index in [1.807, 2.05) is 0 Å². The zero-order valence-corrected chi connectivity index (χ0v) is 16.2. The highest BCUT2D eigenvalue weighted by Crippen LogP contribution is 2.43. The molecule has 3 rings (SSSR count). The van der Waals surface area contributed by atoms with Crippen molar-refractivity contribution in [3.63, 3.8) is 0 Å². The summed E-state index contributed by atoms with van der Waals surface area (Å²) in [4.78, 5) is 14.0. The van der Waals surface area contributed by atoms with E-state index in [1.165, 1.54) is 12.1 Å². The van der Waals surface area contributed by atoms with Gasteiger partial charge in [0.25, 0.3) is 0 Å². The van der Waals surface area contributed by atoms with Crippen LogP contribution in [0.25, 0.3) is 0 Å². The number of halogens is 1. The number of nitrogens with zero attached hydrogens (tertiary/aromatic N) is 1. The molecule has 2 fully saturated rings. The second-order valence-corrected chi connectivity index (χ2v) is 7.11. The van der Waals surface area contributed by atoms with Gasteiger partial charge in [0.15, 0.2) is 5.79 Å². The lowest BCUT2D eigenvalue weighted by Gasteiger charge is -2.41. The number of ether oxygens (including phenoxy) is 3. The van der Waals surface area contributed by atoms with Crippen LogP contribution < -0.4 is 0 Å². The first-order valence-corrected chi connectivity index (χ1v) is 9.85. The fourth-order valence-electron chi connectivity index (χ4n) is 4.01. The first kappa shape index (κ1) is 20.8. The van der Waals surface area contributed by atoms with Gasteiger partial charge >= 0.3 is 5.97 Å². The van der Waals surface area contributed by atoms with Crippen molar-refractivity contribution >= 4 is 5.97 Å². The Bertz CT molecular complexity index is 677. The third-order valence-electron chi connectivity index (χ3n) is 5.48. The Hall–Kier alpha value is -1.96. The summed E-state index contributed by atoms with van der Waals surface area (Å²) >= 11 is 0. The predicted molar refractivity (Wildman–Crippen MR) is 101 cm³/mol. The van der Waals surface area contributed by atoms with E-state index in [0.717, 1.165) is 37.8 Å². The molecule has 0 aliphatic carbocycles. The van der Waals surface area contributed by atoms with Gasteiger partial charge in [0.1, 0.15) is 5.82 Å². The lowest BCUT2D eigenvalue weighted by Crippen LogP contribution is -2.44. The van der Waals surface area contributed by atoms with E-state index in [0.29, 0.717) is 26.2 Å². The van der Waals surface area contributed by atoms with Crippen LogP contribution >= 0.6 is 0 Å². The summed E-state index contributed by atoms with van der Waals surface area (Å²) in [7, 11) is 0. The van der Waals surface area contributed by atoms with Crippen LogP contribution in [0.4, 0.5) is 4.39 Å². The number of aliphatic hydroxyl groups excluding tert-OH is 1. The summed E-state index contributed by atoms with van der Waals surface area (Å²) in [5.41, 5.74) is 1.15. The standard InChI is InChI=1S/C21H28FNO5/c1-2-26-20(25)16(15-24)7-10-23-11-8-18(9-12-23)21(27-13-14-28-21)17-3-5-19(22)6-4-17/h3-6,15,18,24H,2,7-14H2,1H3/b16-15-. The number of likely N-dealkylation sites (tertiary alicyclic amines) is 1. The molecule has 1 aromatic carbocycles. The van der Waals surface area contributed by atoms with Crippen LogP contribution in [0.3, 0.4) is 0 Å². The molecule has 1 N–H and O–H groups in total. The molecular weight excluding hydrogens is 365 g/mol. The number of aliphatic hydroxyl groups is 1. The van der Waals surface area contributed by atoms with E-state index < -0.39 is 11.8 Å². The second kappa shape index (κ2) is 9.49. The van der Waals surface area contributed by atoms with Crippen molar-refractivity contribution < 1.29 is 28.5 Å². The van der Waals surface area contributed by atoms with Gasteiger partial charge in [-0.25, -0.2) is 9.18 Å². The molecule has 28 heavy (non-hydrogen) atoms. The SMILES string of the molecule is CCOC(=O)/C(=C\O)CCN1CCC(C2(c3ccc(F)cc3)OCCO2)CC1. The zero-order valence-electron chi connectivity index (χ0n) is 16.2. The first-order chi connectivity index (χ1) is 13.6. The molecule has 7 heteroatoms. The van der Waals surface area contributed by atoms with E-state index in [9.17, 15) is 14.3 Å². The number of esters is 1. The quantitative estimate of drug-likeness (QED) is 0.436. The van der Waals surface area contributed by atoms with Gasteiger partial charge in [-0.15, -0.1) is 0 Å². The average Bonchev–Trinajstić information content (AvgIpc) is 3.21. The smallest absolute Gasteiger partial charge is 0.337 e. The van der Waals surface area contributed by atoms with Crippen LogP contribution in [0.1, 0.15) is 31.7 Å². The number of rotatable bonds is 7. The fraction of sp³-hybridized carbons (Fsp3) is 0.571. The van der Waals surface area contributed by atoms with E-state index in [1.54, 1.807) is 19.1 Å². The van der Waals surface area contributed by atoms with Gasteiger partial charge in [-0.1, -0.05) is 12.1 Å². The zero-order chi connectivity index (χ0) is 20.0. The number of carbonyl (C=O) groups is 1. The lowest BCUT2D eigenvalue weighted by atomic mass is 9.84. The molecule has 0 atom stereocenters. The van der Waals surface area contributed by atoms with Gasteiger partial charge in [0.2, 0.25) is 0 Å². The van der Waals surface area contributed by atoms with Gasteiger partial charge in [0.05, 0.1) is 31.7 Å². The van der Waals surface area contributed by atoms with Gasteiger partial charge in [-0.2, -0.15) is 0 Å². The van der Waals surface area contributed by atoms with Crippen LogP contribution in [-0.2, 0) is 24.8 Å². The topological polar surface area (TPSA) is 68.2 Å². The molecule has 2 saturated heterocycles. The Balaban J connectivity index is 1.58. The molecule has 2 aliphatic rings. The third kappa shape index (κ3) is 4.54. The predicted octanol–water partition coefficient (Wildman–Crippen LogP) is 3.13. The highest BCUT2D eigenvalue weighted by molar-refractivity contribution is 5.88. The summed E-state index contributed by atoms with van der Waals surface area (Å²) in [6, 6.07) is 6.36. The number of hydrogen-bond donors (Lipinski definition) is 1. The highest BCUT2D eigenvalue weighted by atomic mass is 19.1. The monoisotopic (exact) mass is 393 g/mol. The summed E-state index contributed by atoms with van der Waals surface area (Å²) in [6.45, 7) is 5.42. The maximum Gasteiger partial charge on any atom is 0.337 e. The van der Waals surface area contributed by atoms with Crippen LogP contribution in [0, 0.1) is 11.7 Å². The summed E-state index contributed by atoms with van der Waals surface area (Å²) in [6.07, 6.45) is 3.02. The maximum atomic E-state index is 13.3. The van der Waals surface area contributed by atoms with E-state index in [4.69, 9.17) is 14.2 Å². The number of carbonyl (C=O) groups excluding carboxylic acids is 1. The minimum absolute atomic E-state index is 0.176. The van der Waals surface area contributed by atoms with Gasteiger partial charge in [-0.05, 0) is 51.4 Å². The molecule has 0 spiro atoms. The Kier molecular flexibility index (Phi) is 7.04. The largest absolute Gasteiger partial charge is 0.515 e. The number of piperidine rings is 1. The minimum Gasteiger partial charge on any atom is -0.515 e. The molecule has 0 radical (unpaired) electrons. The second-order valence-electron chi connectivity index (χ2n) is 7.11.